The summed E-state index contributed by atoms with van der Waals surface area (Å²) < 4.78 is 6.42. The highest BCUT2D eigenvalue weighted by Gasteiger charge is 2.38. The zero-order chi connectivity index (χ0) is 20.2. The van der Waals surface area contributed by atoms with Crippen LogP contribution in [0.2, 0.25) is 18.1 Å². The Balaban J connectivity index is 1.67. The third kappa shape index (κ3) is 5.17. The second-order valence-corrected chi connectivity index (χ2v) is 13.3. The second-order valence-electron chi connectivity index (χ2n) is 8.58. The topological polar surface area (TPSA) is 33.3 Å². The van der Waals surface area contributed by atoms with Crippen molar-refractivity contribution >= 4 is 31.1 Å². The standard InChI is InChI=1S/C24H30N2OSi/c1-24(2,3)28(4,5)27-23-13-9-12-22(18-23)26-21-16-14-20(15-17-21)25-19-10-7-6-8-11-19/h6-18,25-26H,1-5H3. The van der Waals surface area contributed by atoms with Gasteiger partial charge in [0.15, 0.2) is 0 Å². The number of para-hydroxylation sites is 1. The predicted molar refractivity (Wildman–Crippen MR) is 124 cm³/mol. The van der Waals surface area contributed by atoms with Gasteiger partial charge in [-0.1, -0.05) is 45.0 Å². The van der Waals surface area contributed by atoms with Crippen molar-refractivity contribution in [3.05, 3.63) is 78.9 Å². The van der Waals surface area contributed by atoms with Crippen molar-refractivity contribution in [3.63, 3.8) is 0 Å². The summed E-state index contributed by atoms with van der Waals surface area (Å²) in [6, 6.07) is 26.7. The van der Waals surface area contributed by atoms with E-state index in [1.165, 1.54) is 0 Å². The van der Waals surface area contributed by atoms with Gasteiger partial charge in [-0.3, -0.25) is 0 Å². The second kappa shape index (κ2) is 8.11. The lowest BCUT2D eigenvalue weighted by molar-refractivity contribution is 0.492. The van der Waals surface area contributed by atoms with Crippen molar-refractivity contribution in [2.45, 2.75) is 38.9 Å². The van der Waals surface area contributed by atoms with Crippen molar-refractivity contribution in [3.8, 4) is 5.75 Å². The Labute approximate surface area is 169 Å². The highest BCUT2D eigenvalue weighted by atomic mass is 28.4. The molecule has 0 atom stereocenters. The largest absolute Gasteiger partial charge is 0.543 e. The fourth-order valence-electron chi connectivity index (χ4n) is 2.58. The molecule has 2 N–H and O–H groups in total. The van der Waals surface area contributed by atoms with Crippen LogP contribution in [0.15, 0.2) is 78.9 Å². The smallest absolute Gasteiger partial charge is 0.250 e. The third-order valence-electron chi connectivity index (χ3n) is 5.25. The zero-order valence-electron chi connectivity index (χ0n) is 17.4. The van der Waals surface area contributed by atoms with Crippen LogP contribution in [0, 0.1) is 0 Å². The average Bonchev–Trinajstić information content (AvgIpc) is 2.63. The first-order valence-electron chi connectivity index (χ1n) is 9.71. The number of benzene rings is 3. The van der Waals surface area contributed by atoms with Gasteiger partial charge in [0, 0.05) is 28.8 Å². The van der Waals surface area contributed by atoms with Crippen LogP contribution in [0.1, 0.15) is 20.8 Å². The zero-order valence-corrected chi connectivity index (χ0v) is 18.4. The van der Waals surface area contributed by atoms with Gasteiger partial charge in [-0.15, -0.1) is 0 Å². The van der Waals surface area contributed by atoms with Crippen molar-refractivity contribution in [2.24, 2.45) is 0 Å². The summed E-state index contributed by atoms with van der Waals surface area (Å²) in [5.74, 6) is 0.930. The Morgan fingerprint density at radius 2 is 1.14 bits per heavy atom. The van der Waals surface area contributed by atoms with E-state index in [4.69, 9.17) is 4.43 Å². The van der Waals surface area contributed by atoms with Crippen molar-refractivity contribution in [1.29, 1.82) is 0 Å². The van der Waals surface area contributed by atoms with Crippen LogP contribution in [0.5, 0.6) is 5.75 Å². The summed E-state index contributed by atoms with van der Waals surface area (Å²) in [4.78, 5) is 0. The highest BCUT2D eigenvalue weighted by Crippen LogP contribution is 2.37. The molecular weight excluding hydrogens is 360 g/mol. The first-order valence-corrected chi connectivity index (χ1v) is 12.6. The molecule has 0 bridgehead atoms. The van der Waals surface area contributed by atoms with Gasteiger partial charge in [0.25, 0.3) is 0 Å². The van der Waals surface area contributed by atoms with E-state index in [1.54, 1.807) is 0 Å². The molecular formula is C24H30N2OSi. The van der Waals surface area contributed by atoms with Gasteiger partial charge in [0.05, 0.1) is 0 Å². The maximum Gasteiger partial charge on any atom is 0.250 e. The molecule has 0 spiro atoms. The number of nitrogens with one attached hydrogen (secondary N) is 2. The van der Waals surface area contributed by atoms with E-state index in [1.807, 2.05) is 30.3 Å². The fourth-order valence-corrected chi connectivity index (χ4v) is 3.60. The van der Waals surface area contributed by atoms with Gasteiger partial charge in [-0.2, -0.15) is 0 Å². The van der Waals surface area contributed by atoms with Gasteiger partial charge in [0.1, 0.15) is 5.75 Å². The molecule has 146 valence electrons. The van der Waals surface area contributed by atoms with Crippen LogP contribution < -0.4 is 15.1 Å². The highest BCUT2D eigenvalue weighted by molar-refractivity contribution is 6.74. The summed E-state index contributed by atoms with van der Waals surface area (Å²) in [7, 11) is -1.84. The van der Waals surface area contributed by atoms with Gasteiger partial charge in [0.2, 0.25) is 8.32 Å². The Bertz CT molecular complexity index is 900. The maximum atomic E-state index is 6.42. The van der Waals surface area contributed by atoms with E-state index in [0.29, 0.717) is 0 Å². The predicted octanol–water partition coefficient (Wildman–Crippen LogP) is 7.56. The molecule has 0 aliphatic heterocycles. The lowest BCUT2D eigenvalue weighted by atomic mass is 10.2. The van der Waals surface area contributed by atoms with E-state index in [9.17, 15) is 0 Å². The SMILES string of the molecule is CC(C)(C)[Si](C)(C)Oc1cccc(Nc2ccc(Nc3ccccc3)cc2)c1. The Morgan fingerprint density at radius 3 is 1.71 bits per heavy atom. The molecule has 3 nitrogen and oxygen atoms in total. The summed E-state index contributed by atoms with van der Waals surface area (Å²) in [6.07, 6.45) is 0. The maximum absolute atomic E-state index is 6.42. The molecule has 0 aliphatic rings. The Hall–Kier alpha value is -2.72. The summed E-state index contributed by atoms with van der Waals surface area (Å²) in [6.45, 7) is 11.3. The Morgan fingerprint density at radius 1 is 0.643 bits per heavy atom. The minimum Gasteiger partial charge on any atom is -0.543 e. The van der Waals surface area contributed by atoms with Crippen molar-refractivity contribution < 1.29 is 4.43 Å². The lowest BCUT2D eigenvalue weighted by Gasteiger charge is -2.36. The third-order valence-corrected chi connectivity index (χ3v) is 9.61. The molecule has 3 aromatic rings. The van der Waals surface area contributed by atoms with Crippen LogP contribution in [-0.2, 0) is 0 Å². The van der Waals surface area contributed by atoms with Crippen LogP contribution >= 0.6 is 0 Å². The first-order chi connectivity index (χ1) is 13.2. The summed E-state index contributed by atoms with van der Waals surface area (Å²) in [5.41, 5.74) is 4.22. The molecule has 3 rings (SSSR count). The van der Waals surface area contributed by atoms with Gasteiger partial charge in [-0.05, 0) is 66.7 Å². The fraction of sp³-hybridized carbons (Fsp3) is 0.250. The molecule has 0 aliphatic carbocycles. The molecule has 0 saturated heterocycles. The Kier molecular flexibility index (Phi) is 5.80. The summed E-state index contributed by atoms with van der Waals surface area (Å²) >= 11 is 0. The molecule has 0 fully saturated rings. The van der Waals surface area contributed by atoms with E-state index in [0.717, 1.165) is 28.5 Å². The molecule has 0 amide bonds. The number of hydrogen-bond acceptors (Lipinski definition) is 3. The minimum absolute atomic E-state index is 0.179. The quantitative estimate of drug-likeness (QED) is 0.426. The van der Waals surface area contributed by atoms with Gasteiger partial charge < -0.3 is 15.1 Å². The molecule has 0 unspecified atom stereocenters. The van der Waals surface area contributed by atoms with Crippen LogP contribution in [0.3, 0.4) is 0 Å². The molecule has 0 heterocycles. The minimum atomic E-state index is -1.84. The van der Waals surface area contributed by atoms with Gasteiger partial charge >= 0.3 is 0 Å². The number of rotatable bonds is 6. The summed E-state index contributed by atoms with van der Waals surface area (Å²) in [5, 5.41) is 7.05. The van der Waals surface area contributed by atoms with E-state index >= 15 is 0 Å². The lowest BCUT2D eigenvalue weighted by Crippen LogP contribution is -2.43. The van der Waals surface area contributed by atoms with Crippen molar-refractivity contribution in [2.75, 3.05) is 10.6 Å². The van der Waals surface area contributed by atoms with Gasteiger partial charge in [-0.25, -0.2) is 0 Å². The number of hydrogen-bond donors (Lipinski definition) is 2. The van der Waals surface area contributed by atoms with E-state index < -0.39 is 8.32 Å². The molecule has 0 aromatic heterocycles. The molecule has 0 saturated carbocycles. The molecule has 0 radical (unpaired) electrons. The normalized spacial score (nSPS) is 11.8. The average molecular weight is 391 g/mol. The van der Waals surface area contributed by atoms with E-state index in [2.05, 4.69) is 93.0 Å². The van der Waals surface area contributed by atoms with Crippen molar-refractivity contribution in [1.82, 2.24) is 0 Å². The number of anilines is 4. The monoisotopic (exact) mass is 390 g/mol. The van der Waals surface area contributed by atoms with Crippen LogP contribution in [-0.4, -0.2) is 8.32 Å². The van der Waals surface area contributed by atoms with Crippen LogP contribution in [0.25, 0.3) is 0 Å². The molecule has 4 heteroatoms. The first kappa shape index (κ1) is 20.0. The molecule has 3 aromatic carbocycles. The van der Waals surface area contributed by atoms with E-state index in [-0.39, 0.29) is 5.04 Å². The van der Waals surface area contributed by atoms with Crippen LogP contribution in [0.4, 0.5) is 22.7 Å². The molecule has 28 heavy (non-hydrogen) atoms.